The summed E-state index contributed by atoms with van der Waals surface area (Å²) in [5.41, 5.74) is 5.16. The molecule has 0 saturated carbocycles. The normalized spacial score (nSPS) is 14.3. The van der Waals surface area contributed by atoms with E-state index in [4.69, 9.17) is 16.9 Å². The first-order valence-electron chi connectivity index (χ1n) is 6.71. The van der Waals surface area contributed by atoms with Gasteiger partial charge in [-0.2, -0.15) is 0 Å². The van der Waals surface area contributed by atoms with Crippen LogP contribution in [0.5, 0.6) is 0 Å². The van der Waals surface area contributed by atoms with Crippen LogP contribution in [0.15, 0.2) is 0 Å². The van der Waals surface area contributed by atoms with Crippen LogP contribution in [0.1, 0.15) is 40.5 Å². The van der Waals surface area contributed by atoms with Crippen LogP contribution in [0.3, 0.4) is 0 Å². The summed E-state index contributed by atoms with van der Waals surface area (Å²) in [6, 6.07) is -0.0703. The van der Waals surface area contributed by atoms with Gasteiger partial charge in [0.1, 0.15) is 5.60 Å². The van der Waals surface area contributed by atoms with Crippen LogP contribution < -0.4 is 16.4 Å². The molecular weight excluding hydrogens is 242 g/mol. The predicted octanol–water partition coefficient (Wildman–Crippen LogP) is 1.23. The summed E-state index contributed by atoms with van der Waals surface area (Å²) in [5, 5.41) is 5.93. The Balaban J connectivity index is 4.13. The van der Waals surface area contributed by atoms with Crippen LogP contribution in [0.25, 0.3) is 0 Å². The van der Waals surface area contributed by atoms with Crippen LogP contribution in [0.4, 0.5) is 4.79 Å². The fraction of sp³-hybridized carbons (Fsp3) is 0.786. The summed E-state index contributed by atoms with van der Waals surface area (Å²) in [5.74, 6) is 2.68. The van der Waals surface area contributed by atoms with Gasteiger partial charge in [0, 0.05) is 19.1 Å². The summed E-state index contributed by atoms with van der Waals surface area (Å²) in [7, 11) is 0. The molecule has 2 atom stereocenters. The molecule has 2 unspecified atom stereocenters. The van der Waals surface area contributed by atoms with Gasteiger partial charge in [-0.3, -0.25) is 5.32 Å². The molecule has 0 aliphatic rings. The number of nitrogens with two attached hydrogens (primary N) is 1. The van der Waals surface area contributed by atoms with Gasteiger partial charge >= 0.3 is 6.09 Å². The second kappa shape index (κ2) is 8.78. The monoisotopic (exact) mass is 269 g/mol. The maximum absolute atomic E-state index is 11.5. The van der Waals surface area contributed by atoms with Crippen molar-refractivity contribution in [3.63, 3.8) is 0 Å². The van der Waals surface area contributed by atoms with Gasteiger partial charge in [0.2, 0.25) is 0 Å². The van der Waals surface area contributed by atoms with E-state index in [-0.39, 0.29) is 12.1 Å². The van der Waals surface area contributed by atoms with Gasteiger partial charge in [-0.05, 0) is 27.2 Å². The Morgan fingerprint density at radius 2 is 2.11 bits per heavy atom. The Hall–Kier alpha value is -1.25. The van der Waals surface area contributed by atoms with E-state index < -0.39 is 11.7 Å². The van der Waals surface area contributed by atoms with Gasteiger partial charge in [0.05, 0.1) is 6.04 Å². The molecule has 4 N–H and O–H groups in total. The summed E-state index contributed by atoms with van der Waals surface area (Å²) >= 11 is 0. The average Bonchev–Trinajstić information content (AvgIpc) is 2.30. The molecule has 0 aliphatic carbocycles. The molecule has 0 spiro atoms. The minimum absolute atomic E-state index is 0.0148. The van der Waals surface area contributed by atoms with Crippen molar-refractivity contribution < 1.29 is 9.53 Å². The number of hydrogen-bond donors (Lipinski definition) is 3. The molecule has 0 radical (unpaired) electrons. The Kier molecular flexibility index (Phi) is 8.21. The first-order chi connectivity index (χ1) is 8.82. The first-order valence-corrected chi connectivity index (χ1v) is 6.71. The maximum atomic E-state index is 11.5. The van der Waals surface area contributed by atoms with Crippen molar-refractivity contribution in [2.24, 2.45) is 5.73 Å². The zero-order valence-electron chi connectivity index (χ0n) is 12.5. The highest BCUT2D eigenvalue weighted by Gasteiger charge is 2.18. The molecule has 0 heterocycles. The first kappa shape index (κ1) is 17.8. The lowest BCUT2D eigenvalue weighted by Crippen LogP contribution is -2.49. The SMILES string of the molecule is C#CC(CCC)NC(CN)CNC(=O)OC(C)(C)C. The van der Waals surface area contributed by atoms with Crippen LogP contribution in [0, 0.1) is 12.3 Å². The zero-order chi connectivity index (χ0) is 14.9. The summed E-state index contributed by atoms with van der Waals surface area (Å²) < 4.78 is 5.15. The molecule has 0 aromatic carbocycles. The van der Waals surface area contributed by atoms with Crippen LogP contribution in [-0.4, -0.2) is 36.9 Å². The summed E-state index contributed by atoms with van der Waals surface area (Å²) in [6.45, 7) is 8.33. The molecule has 5 heteroatoms. The Labute approximate surface area is 116 Å². The number of ether oxygens (including phenoxy) is 1. The number of terminal acetylenes is 1. The quantitative estimate of drug-likeness (QED) is 0.608. The van der Waals surface area contributed by atoms with Gasteiger partial charge in [-0.1, -0.05) is 19.3 Å². The lowest BCUT2D eigenvalue weighted by Gasteiger charge is -2.23. The number of carbonyl (C=O) groups is 1. The minimum atomic E-state index is -0.501. The highest BCUT2D eigenvalue weighted by molar-refractivity contribution is 5.67. The third-order valence-corrected chi connectivity index (χ3v) is 2.39. The van der Waals surface area contributed by atoms with Crippen molar-refractivity contribution in [2.45, 2.75) is 58.2 Å². The Morgan fingerprint density at radius 3 is 2.53 bits per heavy atom. The van der Waals surface area contributed by atoms with Crippen molar-refractivity contribution in [1.82, 2.24) is 10.6 Å². The topological polar surface area (TPSA) is 76.4 Å². The Morgan fingerprint density at radius 1 is 1.47 bits per heavy atom. The van der Waals surface area contributed by atoms with Crippen molar-refractivity contribution >= 4 is 6.09 Å². The smallest absolute Gasteiger partial charge is 0.407 e. The van der Waals surface area contributed by atoms with Gasteiger partial charge in [-0.25, -0.2) is 4.79 Å². The van der Waals surface area contributed by atoms with Gasteiger partial charge < -0.3 is 15.8 Å². The van der Waals surface area contributed by atoms with Gasteiger partial charge in [0.25, 0.3) is 0 Å². The van der Waals surface area contributed by atoms with Crippen molar-refractivity contribution in [1.29, 1.82) is 0 Å². The Bertz CT molecular complexity index is 305. The van der Waals surface area contributed by atoms with Crippen LogP contribution >= 0.6 is 0 Å². The lowest BCUT2D eigenvalue weighted by atomic mass is 10.1. The molecule has 0 aromatic heterocycles. The van der Waals surface area contributed by atoms with Gasteiger partial charge in [0.15, 0.2) is 0 Å². The zero-order valence-corrected chi connectivity index (χ0v) is 12.5. The molecule has 0 aliphatic heterocycles. The fourth-order valence-corrected chi connectivity index (χ4v) is 1.52. The number of carbonyl (C=O) groups excluding carboxylic acids is 1. The van der Waals surface area contributed by atoms with Crippen molar-refractivity contribution in [3.8, 4) is 12.3 Å². The lowest BCUT2D eigenvalue weighted by molar-refractivity contribution is 0.0522. The highest BCUT2D eigenvalue weighted by atomic mass is 16.6. The van der Waals surface area contributed by atoms with Crippen LogP contribution in [-0.2, 0) is 4.74 Å². The van der Waals surface area contributed by atoms with Crippen LogP contribution in [0.2, 0.25) is 0 Å². The van der Waals surface area contributed by atoms with Crippen molar-refractivity contribution in [3.05, 3.63) is 0 Å². The molecule has 5 nitrogen and oxygen atoms in total. The number of alkyl carbamates (subject to hydrolysis) is 1. The van der Waals surface area contributed by atoms with E-state index in [0.29, 0.717) is 13.1 Å². The molecule has 0 fully saturated rings. The van der Waals surface area contributed by atoms with Crippen molar-refractivity contribution in [2.75, 3.05) is 13.1 Å². The molecule has 0 rings (SSSR count). The molecule has 0 bridgehead atoms. The summed E-state index contributed by atoms with van der Waals surface area (Å²) in [6.07, 6.45) is 6.88. The molecule has 110 valence electrons. The predicted molar refractivity (Wildman–Crippen MR) is 77.7 cm³/mol. The van der Waals surface area contributed by atoms with E-state index in [0.717, 1.165) is 12.8 Å². The maximum Gasteiger partial charge on any atom is 0.407 e. The fourth-order valence-electron chi connectivity index (χ4n) is 1.52. The van der Waals surface area contributed by atoms with E-state index in [2.05, 4.69) is 23.5 Å². The van der Waals surface area contributed by atoms with Gasteiger partial charge in [-0.15, -0.1) is 6.42 Å². The second-order valence-electron chi connectivity index (χ2n) is 5.49. The van der Waals surface area contributed by atoms with E-state index >= 15 is 0 Å². The number of hydrogen-bond acceptors (Lipinski definition) is 4. The molecule has 0 saturated heterocycles. The number of rotatable bonds is 7. The average molecular weight is 269 g/mol. The summed E-state index contributed by atoms with van der Waals surface area (Å²) in [4.78, 5) is 11.5. The third kappa shape index (κ3) is 9.34. The number of nitrogens with one attached hydrogen (secondary N) is 2. The minimum Gasteiger partial charge on any atom is -0.444 e. The highest BCUT2D eigenvalue weighted by Crippen LogP contribution is 2.06. The largest absolute Gasteiger partial charge is 0.444 e. The standard InChI is InChI=1S/C14H27N3O2/c1-6-8-11(7-2)17-12(9-15)10-16-13(18)19-14(3,4)5/h2,11-12,17H,6,8-10,15H2,1,3-5H3,(H,16,18). The third-order valence-electron chi connectivity index (χ3n) is 2.39. The number of amides is 1. The second-order valence-corrected chi connectivity index (χ2v) is 5.49. The van der Waals surface area contributed by atoms with E-state index in [1.165, 1.54) is 0 Å². The van der Waals surface area contributed by atoms with E-state index in [1.807, 2.05) is 20.8 Å². The van der Waals surface area contributed by atoms with E-state index in [1.54, 1.807) is 0 Å². The van der Waals surface area contributed by atoms with E-state index in [9.17, 15) is 4.79 Å². The molecule has 19 heavy (non-hydrogen) atoms. The molecular formula is C14H27N3O2. The molecule has 1 amide bonds. The molecule has 0 aromatic rings.